The van der Waals surface area contributed by atoms with Crippen LogP contribution < -0.4 is 4.74 Å². The standard InChI is InChI=1S/C17H26O6S/c1-2-3-4-5-6-7-8-12-15-21-24(19,20)23-17(18)22-16-13-10-9-11-14-16/h9-11,13-14H,2-8,12,15H2,1H3. The number of para-hydroxylation sites is 1. The summed E-state index contributed by atoms with van der Waals surface area (Å²) in [6.07, 6.45) is 7.28. The van der Waals surface area contributed by atoms with E-state index in [0.29, 0.717) is 6.42 Å². The van der Waals surface area contributed by atoms with Crippen molar-refractivity contribution in [2.24, 2.45) is 0 Å². The Morgan fingerprint density at radius 1 is 0.917 bits per heavy atom. The fourth-order valence-electron chi connectivity index (χ4n) is 2.11. The summed E-state index contributed by atoms with van der Waals surface area (Å²) >= 11 is 0. The first-order valence-corrected chi connectivity index (χ1v) is 9.72. The summed E-state index contributed by atoms with van der Waals surface area (Å²) in [5.41, 5.74) is 0. The molecule has 1 aromatic carbocycles. The van der Waals surface area contributed by atoms with Crippen LogP contribution in [0.2, 0.25) is 0 Å². The molecule has 1 rings (SSSR count). The molecule has 0 bridgehead atoms. The van der Waals surface area contributed by atoms with Gasteiger partial charge in [0.05, 0.1) is 6.61 Å². The largest absolute Gasteiger partial charge is 0.531 e. The van der Waals surface area contributed by atoms with Crippen LogP contribution >= 0.6 is 0 Å². The molecule has 24 heavy (non-hydrogen) atoms. The second-order valence-electron chi connectivity index (χ2n) is 5.45. The Bertz CT molecular complexity index is 556. The topological polar surface area (TPSA) is 78.9 Å². The Morgan fingerprint density at radius 3 is 2.12 bits per heavy atom. The van der Waals surface area contributed by atoms with Gasteiger partial charge < -0.3 is 4.74 Å². The Kier molecular flexibility index (Phi) is 10.1. The van der Waals surface area contributed by atoms with Crippen molar-refractivity contribution in [3.8, 4) is 5.75 Å². The molecule has 0 amide bonds. The molecule has 0 saturated carbocycles. The summed E-state index contributed by atoms with van der Waals surface area (Å²) in [4.78, 5) is 11.4. The maximum absolute atomic E-state index is 11.5. The van der Waals surface area contributed by atoms with E-state index in [4.69, 9.17) is 4.74 Å². The van der Waals surface area contributed by atoms with Gasteiger partial charge in [0.2, 0.25) is 0 Å². The Morgan fingerprint density at radius 2 is 1.50 bits per heavy atom. The third-order valence-corrected chi connectivity index (χ3v) is 4.14. The van der Waals surface area contributed by atoms with Gasteiger partial charge in [-0.3, -0.25) is 4.18 Å². The number of hydrogen-bond acceptors (Lipinski definition) is 6. The molecule has 1 aromatic rings. The zero-order chi connectivity index (χ0) is 17.7. The summed E-state index contributed by atoms with van der Waals surface area (Å²) in [7, 11) is -4.38. The summed E-state index contributed by atoms with van der Waals surface area (Å²) in [6, 6.07) is 8.05. The number of carbonyl (C=O) groups is 1. The maximum Gasteiger partial charge on any atom is 0.531 e. The van der Waals surface area contributed by atoms with Gasteiger partial charge in [0.15, 0.2) is 0 Å². The van der Waals surface area contributed by atoms with E-state index in [1.165, 1.54) is 37.8 Å². The van der Waals surface area contributed by atoms with Crippen LogP contribution in [0.5, 0.6) is 5.75 Å². The van der Waals surface area contributed by atoms with E-state index in [9.17, 15) is 13.2 Å². The van der Waals surface area contributed by atoms with Crippen LogP contribution in [0.3, 0.4) is 0 Å². The fourth-order valence-corrected chi connectivity index (χ4v) is 2.68. The van der Waals surface area contributed by atoms with Crippen molar-refractivity contribution in [3.05, 3.63) is 30.3 Å². The molecule has 0 aliphatic carbocycles. The lowest BCUT2D eigenvalue weighted by atomic mass is 10.1. The van der Waals surface area contributed by atoms with Gasteiger partial charge in [0.1, 0.15) is 5.75 Å². The Balaban J connectivity index is 2.12. The highest BCUT2D eigenvalue weighted by molar-refractivity contribution is 7.82. The number of benzene rings is 1. The molecule has 136 valence electrons. The van der Waals surface area contributed by atoms with Crippen LogP contribution in [0.1, 0.15) is 58.3 Å². The third-order valence-electron chi connectivity index (χ3n) is 3.34. The van der Waals surface area contributed by atoms with E-state index in [2.05, 4.69) is 15.3 Å². The molecular formula is C17H26O6S. The van der Waals surface area contributed by atoms with Gasteiger partial charge in [0.25, 0.3) is 0 Å². The Hall–Kier alpha value is -1.60. The summed E-state index contributed by atoms with van der Waals surface area (Å²) < 4.78 is 36.5. The van der Waals surface area contributed by atoms with Gasteiger partial charge in [-0.25, -0.2) is 8.98 Å². The predicted molar refractivity (Wildman–Crippen MR) is 91.0 cm³/mol. The highest BCUT2D eigenvalue weighted by Crippen LogP contribution is 2.11. The van der Waals surface area contributed by atoms with E-state index < -0.39 is 16.6 Å². The lowest BCUT2D eigenvalue weighted by Crippen LogP contribution is -2.19. The predicted octanol–water partition coefficient (Wildman–Crippen LogP) is 4.60. The molecule has 0 radical (unpaired) electrons. The molecule has 0 saturated heterocycles. The molecule has 0 N–H and O–H groups in total. The zero-order valence-electron chi connectivity index (χ0n) is 14.1. The minimum absolute atomic E-state index is 0.00406. The van der Waals surface area contributed by atoms with E-state index in [-0.39, 0.29) is 12.4 Å². The molecular weight excluding hydrogens is 332 g/mol. The molecule has 0 heterocycles. The van der Waals surface area contributed by atoms with Gasteiger partial charge in [-0.15, -0.1) is 0 Å². The maximum atomic E-state index is 11.5. The van der Waals surface area contributed by atoms with Crippen LogP contribution in [0.25, 0.3) is 0 Å². The van der Waals surface area contributed by atoms with Crippen molar-refractivity contribution < 1.29 is 26.3 Å². The lowest BCUT2D eigenvalue weighted by molar-refractivity contribution is 0.141. The molecule has 0 atom stereocenters. The molecule has 0 aromatic heterocycles. The zero-order valence-corrected chi connectivity index (χ0v) is 14.9. The van der Waals surface area contributed by atoms with Crippen molar-refractivity contribution in [1.82, 2.24) is 0 Å². The molecule has 7 heteroatoms. The average molecular weight is 358 g/mol. The number of hydrogen-bond donors (Lipinski definition) is 0. The van der Waals surface area contributed by atoms with Crippen LogP contribution in [-0.4, -0.2) is 21.2 Å². The average Bonchev–Trinajstić information content (AvgIpc) is 2.53. The third kappa shape index (κ3) is 10.2. The molecule has 0 unspecified atom stereocenters. The highest BCUT2D eigenvalue weighted by atomic mass is 32.3. The fraction of sp³-hybridized carbons (Fsp3) is 0.588. The second-order valence-corrected chi connectivity index (χ2v) is 6.67. The van der Waals surface area contributed by atoms with E-state index in [0.717, 1.165) is 19.3 Å². The monoisotopic (exact) mass is 358 g/mol. The van der Waals surface area contributed by atoms with Crippen molar-refractivity contribution >= 4 is 16.6 Å². The van der Waals surface area contributed by atoms with Crippen molar-refractivity contribution in [2.45, 2.75) is 58.3 Å². The van der Waals surface area contributed by atoms with Crippen molar-refractivity contribution in [2.75, 3.05) is 6.61 Å². The minimum atomic E-state index is -4.38. The summed E-state index contributed by atoms with van der Waals surface area (Å²) in [5.74, 6) is 0.195. The molecule has 0 aliphatic heterocycles. The number of carbonyl (C=O) groups excluding carboxylic acids is 1. The summed E-state index contributed by atoms with van der Waals surface area (Å²) in [5, 5.41) is 0. The van der Waals surface area contributed by atoms with Gasteiger partial charge in [-0.1, -0.05) is 70.1 Å². The van der Waals surface area contributed by atoms with Crippen molar-refractivity contribution in [3.63, 3.8) is 0 Å². The lowest BCUT2D eigenvalue weighted by Gasteiger charge is -2.06. The molecule has 0 fully saturated rings. The van der Waals surface area contributed by atoms with Crippen LogP contribution in [0, 0.1) is 0 Å². The highest BCUT2D eigenvalue weighted by Gasteiger charge is 2.19. The molecule has 6 nitrogen and oxygen atoms in total. The number of rotatable bonds is 12. The van der Waals surface area contributed by atoms with Crippen LogP contribution in [-0.2, 0) is 18.8 Å². The quantitative estimate of drug-likeness (QED) is 0.308. The SMILES string of the molecule is CCCCCCCCCCOS(=O)(=O)OC(=O)Oc1ccccc1. The van der Waals surface area contributed by atoms with Crippen molar-refractivity contribution in [1.29, 1.82) is 0 Å². The normalized spacial score (nSPS) is 11.2. The van der Waals surface area contributed by atoms with E-state index in [1.807, 2.05) is 0 Å². The second kappa shape index (κ2) is 11.9. The van der Waals surface area contributed by atoms with Gasteiger partial charge >= 0.3 is 16.6 Å². The van der Waals surface area contributed by atoms with E-state index >= 15 is 0 Å². The first kappa shape index (κ1) is 20.4. The summed E-state index contributed by atoms with van der Waals surface area (Å²) in [6.45, 7) is 2.17. The smallest absolute Gasteiger partial charge is 0.394 e. The van der Waals surface area contributed by atoms with E-state index in [1.54, 1.807) is 18.2 Å². The first-order valence-electron chi connectivity index (χ1n) is 8.39. The first-order chi connectivity index (χ1) is 11.5. The number of ether oxygens (including phenoxy) is 1. The van der Waals surface area contributed by atoms with Gasteiger partial charge in [0, 0.05) is 0 Å². The van der Waals surface area contributed by atoms with Gasteiger partial charge in [-0.2, -0.15) is 8.42 Å². The molecule has 0 aliphatic rings. The van der Waals surface area contributed by atoms with Gasteiger partial charge in [-0.05, 0) is 18.6 Å². The number of unbranched alkanes of at least 4 members (excludes halogenated alkanes) is 7. The van der Waals surface area contributed by atoms with Crippen LogP contribution in [0.4, 0.5) is 4.79 Å². The Labute approximate surface area is 144 Å². The molecule has 0 spiro atoms. The van der Waals surface area contributed by atoms with Crippen LogP contribution in [0.15, 0.2) is 30.3 Å². The minimum Gasteiger partial charge on any atom is -0.394 e.